The lowest BCUT2D eigenvalue weighted by atomic mass is 10.1. The molecule has 1 aliphatic rings. The van der Waals surface area contributed by atoms with Crippen LogP contribution >= 0.6 is 0 Å². The van der Waals surface area contributed by atoms with Crippen LogP contribution in [0.3, 0.4) is 0 Å². The molecule has 0 saturated carbocycles. The largest absolute Gasteiger partial charge is 0.416 e. The number of alkyl halides is 3. The number of methoxy groups -OCH3 is 1. The van der Waals surface area contributed by atoms with E-state index in [0.717, 1.165) is 12.1 Å². The van der Waals surface area contributed by atoms with Gasteiger partial charge in [0.1, 0.15) is 0 Å². The summed E-state index contributed by atoms with van der Waals surface area (Å²) in [5.74, 6) is -1.19. The first-order valence-corrected chi connectivity index (χ1v) is 7.57. The summed E-state index contributed by atoms with van der Waals surface area (Å²) in [6, 6.07) is 4.57. The van der Waals surface area contributed by atoms with Gasteiger partial charge >= 0.3 is 6.18 Å². The zero-order valence-electron chi connectivity index (χ0n) is 13.2. The highest BCUT2D eigenvalue weighted by Gasteiger charge is 2.36. The van der Waals surface area contributed by atoms with Gasteiger partial charge in [-0.05, 0) is 24.6 Å². The summed E-state index contributed by atoms with van der Waals surface area (Å²) in [4.78, 5) is 25.3. The molecule has 0 bridgehead atoms. The maximum Gasteiger partial charge on any atom is 0.416 e. The molecular formula is C16H19F3N2O3. The minimum absolute atomic E-state index is 0.00758. The fraction of sp³-hybridized carbons (Fsp3) is 0.500. The second kappa shape index (κ2) is 7.65. The Kier molecular flexibility index (Phi) is 5.82. The van der Waals surface area contributed by atoms with Crippen LogP contribution in [0.2, 0.25) is 0 Å². The van der Waals surface area contributed by atoms with E-state index < -0.39 is 17.7 Å². The highest BCUT2D eigenvalue weighted by Crippen LogP contribution is 2.33. The zero-order chi connectivity index (χ0) is 17.7. The molecule has 1 aromatic rings. The van der Waals surface area contributed by atoms with Crippen LogP contribution in [0.25, 0.3) is 0 Å². The third-order valence-corrected chi connectivity index (χ3v) is 3.81. The maximum atomic E-state index is 12.8. The Morgan fingerprint density at radius 3 is 2.83 bits per heavy atom. The fourth-order valence-corrected chi connectivity index (χ4v) is 2.56. The van der Waals surface area contributed by atoms with Crippen LogP contribution in [0.5, 0.6) is 0 Å². The summed E-state index contributed by atoms with van der Waals surface area (Å²) >= 11 is 0. The minimum atomic E-state index is -4.48. The number of benzene rings is 1. The normalized spacial score (nSPS) is 18.1. The van der Waals surface area contributed by atoms with Crippen LogP contribution < -0.4 is 10.2 Å². The Balaban J connectivity index is 2.01. The molecule has 0 aromatic heterocycles. The van der Waals surface area contributed by atoms with Crippen molar-refractivity contribution in [1.29, 1.82) is 0 Å². The fourth-order valence-electron chi connectivity index (χ4n) is 2.56. The lowest BCUT2D eigenvalue weighted by Gasteiger charge is -2.18. The van der Waals surface area contributed by atoms with Gasteiger partial charge in [0, 0.05) is 38.9 Å². The molecule has 0 radical (unpaired) electrons. The average Bonchev–Trinajstić information content (AvgIpc) is 2.93. The molecule has 2 amide bonds. The molecule has 1 N–H and O–H groups in total. The Morgan fingerprint density at radius 2 is 2.17 bits per heavy atom. The van der Waals surface area contributed by atoms with Crippen LogP contribution in [-0.4, -0.2) is 38.6 Å². The number of nitrogens with one attached hydrogen (secondary N) is 1. The van der Waals surface area contributed by atoms with Crippen molar-refractivity contribution in [2.75, 3.05) is 31.7 Å². The summed E-state index contributed by atoms with van der Waals surface area (Å²) in [6.07, 6.45) is -3.83. The molecule has 132 valence electrons. The number of carbonyl (C=O) groups is 2. The van der Waals surface area contributed by atoms with Crippen molar-refractivity contribution in [3.05, 3.63) is 29.8 Å². The quantitative estimate of drug-likeness (QED) is 0.805. The molecule has 8 heteroatoms. The molecule has 24 heavy (non-hydrogen) atoms. The summed E-state index contributed by atoms with van der Waals surface area (Å²) < 4.78 is 43.2. The van der Waals surface area contributed by atoms with E-state index in [4.69, 9.17) is 4.74 Å². The van der Waals surface area contributed by atoms with E-state index in [1.165, 1.54) is 17.0 Å². The molecule has 0 spiro atoms. The Hall–Kier alpha value is -2.09. The van der Waals surface area contributed by atoms with Gasteiger partial charge in [-0.25, -0.2) is 0 Å². The average molecular weight is 344 g/mol. The standard InChI is InChI=1S/C16H19F3N2O3/c1-24-7-3-6-20-15(23)11-8-14(22)21(10-11)13-5-2-4-12(9-13)16(17,18)19/h2,4-5,9,11H,3,6-8,10H2,1H3,(H,20,23). The van der Waals surface area contributed by atoms with Crippen molar-refractivity contribution >= 4 is 17.5 Å². The van der Waals surface area contributed by atoms with Crippen molar-refractivity contribution in [3.8, 4) is 0 Å². The molecule has 1 saturated heterocycles. The molecule has 0 aliphatic carbocycles. The summed E-state index contributed by atoms with van der Waals surface area (Å²) in [5, 5.41) is 2.71. The molecule has 1 aromatic carbocycles. The minimum Gasteiger partial charge on any atom is -0.385 e. The maximum absolute atomic E-state index is 12.8. The predicted octanol–water partition coefficient (Wildman–Crippen LogP) is 2.21. The second-order valence-corrected chi connectivity index (χ2v) is 5.59. The molecular weight excluding hydrogens is 325 g/mol. The van der Waals surface area contributed by atoms with E-state index >= 15 is 0 Å². The Morgan fingerprint density at radius 1 is 1.42 bits per heavy atom. The van der Waals surface area contributed by atoms with E-state index in [2.05, 4.69) is 5.32 Å². The van der Waals surface area contributed by atoms with Gasteiger partial charge in [-0.3, -0.25) is 9.59 Å². The number of anilines is 1. The first-order valence-electron chi connectivity index (χ1n) is 7.57. The number of amides is 2. The summed E-state index contributed by atoms with van der Waals surface area (Å²) in [6.45, 7) is 1.03. The molecule has 1 unspecified atom stereocenters. The monoisotopic (exact) mass is 344 g/mol. The van der Waals surface area contributed by atoms with Crippen LogP contribution in [0.15, 0.2) is 24.3 Å². The van der Waals surface area contributed by atoms with Gasteiger partial charge in [0.15, 0.2) is 0 Å². The molecule has 5 nitrogen and oxygen atoms in total. The van der Waals surface area contributed by atoms with Crippen LogP contribution in [0, 0.1) is 5.92 Å². The molecule has 2 rings (SSSR count). The SMILES string of the molecule is COCCCNC(=O)C1CC(=O)N(c2cccc(C(F)(F)F)c2)C1. The highest BCUT2D eigenvalue weighted by atomic mass is 19.4. The van der Waals surface area contributed by atoms with E-state index in [0.29, 0.717) is 19.6 Å². The second-order valence-electron chi connectivity index (χ2n) is 5.59. The summed E-state index contributed by atoms with van der Waals surface area (Å²) in [7, 11) is 1.56. The number of hydrogen-bond acceptors (Lipinski definition) is 3. The van der Waals surface area contributed by atoms with Crippen molar-refractivity contribution < 1.29 is 27.5 Å². The van der Waals surface area contributed by atoms with Crippen molar-refractivity contribution in [2.24, 2.45) is 5.92 Å². The Bertz CT molecular complexity index is 604. The number of ether oxygens (including phenoxy) is 1. The lowest BCUT2D eigenvalue weighted by molar-refractivity contribution is -0.137. The van der Waals surface area contributed by atoms with Crippen molar-refractivity contribution in [3.63, 3.8) is 0 Å². The first-order chi connectivity index (χ1) is 11.3. The number of carbonyl (C=O) groups excluding carboxylic acids is 2. The zero-order valence-corrected chi connectivity index (χ0v) is 13.2. The Labute approximate surface area is 137 Å². The number of hydrogen-bond donors (Lipinski definition) is 1. The predicted molar refractivity (Wildman–Crippen MR) is 81.4 cm³/mol. The summed E-state index contributed by atoms with van der Waals surface area (Å²) in [5.41, 5.74) is -0.662. The van der Waals surface area contributed by atoms with E-state index in [9.17, 15) is 22.8 Å². The molecule has 1 atom stereocenters. The van der Waals surface area contributed by atoms with E-state index in [1.807, 2.05) is 0 Å². The first kappa shape index (κ1) is 18.3. The van der Waals surface area contributed by atoms with E-state index in [1.54, 1.807) is 7.11 Å². The third kappa shape index (κ3) is 4.47. The highest BCUT2D eigenvalue weighted by molar-refractivity contribution is 6.00. The smallest absolute Gasteiger partial charge is 0.385 e. The van der Waals surface area contributed by atoms with Gasteiger partial charge in [-0.1, -0.05) is 6.07 Å². The van der Waals surface area contributed by atoms with Crippen LogP contribution in [-0.2, 0) is 20.5 Å². The number of halogens is 3. The van der Waals surface area contributed by atoms with Gasteiger partial charge in [0.25, 0.3) is 0 Å². The van der Waals surface area contributed by atoms with E-state index in [-0.39, 0.29) is 30.5 Å². The number of nitrogens with zero attached hydrogens (tertiary/aromatic N) is 1. The van der Waals surface area contributed by atoms with Gasteiger partial charge in [0.2, 0.25) is 11.8 Å². The van der Waals surface area contributed by atoms with Crippen LogP contribution in [0.4, 0.5) is 18.9 Å². The lowest BCUT2D eigenvalue weighted by Crippen LogP contribution is -2.33. The molecule has 1 heterocycles. The van der Waals surface area contributed by atoms with Crippen molar-refractivity contribution in [1.82, 2.24) is 5.32 Å². The van der Waals surface area contributed by atoms with Crippen LogP contribution in [0.1, 0.15) is 18.4 Å². The van der Waals surface area contributed by atoms with Gasteiger partial charge < -0.3 is 15.0 Å². The van der Waals surface area contributed by atoms with Gasteiger partial charge in [-0.15, -0.1) is 0 Å². The topological polar surface area (TPSA) is 58.6 Å². The third-order valence-electron chi connectivity index (χ3n) is 3.81. The van der Waals surface area contributed by atoms with Crippen molar-refractivity contribution in [2.45, 2.75) is 19.0 Å². The van der Waals surface area contributed by atoms with Gasteiger partial charge in [0.05, 0.1) is 11.5 Å². The molecule has 1 aliphatic heterocycles. The number of rotatable bonds is 6. The molecule has 1 fully saturated rings. The van der Waals surface area contributed by atoms with Gasteiger partial charge in [-0.2, -0.15) is 13.2 Å².